The lowest BCUT2D eigenvalue weighted by Gasteiger charge is -2.27. The van der Waals surface area contributed by atoms with Gasteiger partial charge in [-0.2, -0.15) is 0 Å². The third-order valence-electron chi connectivity index (χ3n) is 4.97. The predicted molar refractivity (Wildman–Crippen MR) is 104 cm³/mol. The minimum atomic E-state index is -0.227. The van der Waals surface area contributed by atoms with Gasteiger partial charge in [-0.3, -0.25) is 9.69 Å². The molecule has 2 aromatic rings. The van der Waals surface area contributed by atoms with E-state index in [1.54, 1.807) is 4.90 Å². The maximum atomic E-state index is 13.1. The zero-order valence-electron chi connectivity index (χ0n) is 16.3. The number of furan rings is 1. The molecule has 1 amide bonds. The molecule has 5 heteroatoms. The Kier molecular flexibility index (Phi) is 5.80. The topological polar surface area (TPSA) is 36.7 Å². The first kappa shape index (κ1) is 19.4. The average Bonchev–Trinajstić information content (AvgIpc) is 2.96. The van der Waals surface area contributed by atoms with Crippen molar-refractivity contribution in [3.8, 4) is 0 Å². The van der Waals surface area contributed by atoms with Crippen molar-refractivity contribution in [2.24, 2.45) is 0 Å². The van der Waals surface area contributed by atoms with Crippen LogP contribution < -0.4 is 0 Å². The lowest BCUT2D eigenvalue weighted by atomic mass is 10.0. The Bertz CT molecular complexity index is 839. The van der Waals surface area contributed by atoms with Crippen LogP contribution in [0.15, 0.2) is 40.8 Å². The fraction of sp³-hybridized carbons (Fsp3) is 0.409. The van der Waals surface area contributed by atoms with Gasteiger partial charge in [-0.1, -0.05) is 24.3 Å². The van der Waals surface area contributed by atoms with Crippen molar-refractivity contribution in [1.29, 1.82) is 0 Å². The molecule has 27 heavy (non-hydrogen) atoms. The summed E-state index contributed by atoms with van der Waals surface area (Å²) in [5.41, 5.74) is 3.70. The average molecular weight is 370 g/mol. The second-order valence-electron chi connectivity index (χ2n) is 7.30. The summed E-state index contributed by atoms with van der Waals surface area (Å²) < 4.78 is 19.1. The molecule has 1 aromatic heterocycles. The second kappa shape index (κ2) is 8.09. The van der Waals surface area contributed by atoms with E-state index in [0.29, 0.717) is 31.0 Å². The van der Waals surface area contributed by atoms with E-state index in [2.05, 4.69) is 11.5 Å². The van der Waals surface area contributed by atoms with Crippen molar-refractivity contribution in [3.63, 3.8) is 0 Å². The molecule has 144 valence electrons. The highest BCUT2D eigenvalue weighted by Gasteiger charge is 2.30. The number of carbonyl (C=O) groups is 1. The molecule has 2 heterocycles. The largest absolute Gasteiger partial charge is 0.465 e. The molecule has 0 saturated carbocycles. The summed E-state index contributed by atoms with van der Waals surface area (Å²) >= 11 is 0. The zero-order chi connectivity index (χ0) is 19.6. The van der Waals surface area contributed by atoms with E-state index >= 15 is 0 Å². The highest BCUT2D eigenvalue weighted by atomic mass is 19.1. The highest BCUT2D eigenvalue weighted by Crippen LogP contribution is 2.30. The van der Waals surface area contributed by atoms with Gasteiger partial charge in [-0.05, 0) is 38.5 Å². The molecule has 0 radical (unpaired) electrons. The number of benzene rings is 1. The van der Waals surface area contributed by atoms with Crippen LogP contribution in [0.3, 0.4) is 0 Å². The van der Waals surface area contributed by atoms with Crippen LogP contribution in [0.2, 0.25) is 0 Å². The summed E-state index contributed by atoms with van der Waals surface area (Å²) in [5.74, 6) is 1.38. The van der Waals surface area contributed by atoms with E-state index in [4.69, 9.17) is 4.42 Å². The summed E-state index contributed by atoms with van der Waals surface area (Å²) in [5, 5.41) is 0. The number of likely N-dealkylation sites (N-methyl/N-ethyl adjacent to an activating group) is 1. The molecule has 0 fully saturated rings. The summed E-state index contributed by atoms with van der Waals surface area (Å²) in [6, 6.07) is 6.59. The fourth-order valence-electron chi connectivity index (χ4n) is 3.65. The van der Waals surface area contributed by atoms with Gasteiger partial charge in [0.2, 0.25) is 0 Å². The third kappa shape index (κ3) is 4.30. The number of amides is 1. The highest BCUT2D eigenvalue weighted by molar-refractivity contribution is 5.97. The Morgan fingerprint density at radius 1 is 1.33 bits per heavy atom. The Morgan fingerprint density at radius 3 is 2.67 bits per heavy atom. The molecule has 1 aliphatic rings. The monoisotopic (exact) mass is 370 g/mol. The van der Waals surface area contributed by atoms with E-state index in [9.17, 15) is 9.18 Å². The molecule has 1 aliphatic heterocycles. The van der Waals surface area contributed by atoms with Crippen LogP contribution in [-0.2, 0) is 19.5 Å². The van der Waals surface area contributed by atoms with Crippen LogP contribution in [0, 0.1) is 12.7 Å². The number of halogens is 1. The molecule has 0 bridgehead atoms. The second-order valence-corrected chi connectivity index (χ2v) is 7.30. The molecule has 0 atom stereocenters. The van der Waals surface area contributed by atoms with Crippen molar-refractivity contribution < 1.29 is 13.6 Å². The molecule has 0 unspecified atom stereocenters. The van der Waals surface area contributed by atoms with Crippen LogP contribution >= 0.6 is 0 Å². The molecule has 3 rings (SSSR count). The first-order valence-corrected chi connectivity index (χ1v) is 9.40. The fourth-order valence-corrected chi connectivity index (χ4v) is 3.65. The van der Waals surface area contributed by atoms with Gasteiger partial charge in [0.05, 0.1) is 5.56 Å². The molecule has 1 aromatic carbocycles. The normalized spacial score (nSPS) is 14.1. The van der Waals surface area contributed by atoms with Crippen molar-refractivity contribution in [1.82, 2.24) is 9.80 Å². The summed E-state index contributed by atoms with van der Waals surface area (Å²) in [6.45, 7) is 13.1. The number of nitrogens with zero attached hydrogens (tertiary/aromatic N) is 2. The molecule has 0 spiro atoms. The van der Waals surface area contributed by atoms with Gasteiger partial charge < -0.3 is 9.32 Å². The van der Waals surface area contributed by atoms with Gasteiger partial charge in [0.25, 0.3) is 5.91 Å². The third-order valence-corrected chi connectivity index (χ3v) is 4.97. The van der Waals surface area contributed by atoms with Gasteiger partial charge in [-0.15, -0.1) is 0 Å². The Balaban J connectivity index is 1.82. The SMILES string of the molecule is C=C(C)CN(CC)C(=O)c1c(C)oc2c1CN(Cc1ccc(F)cc1)CC2. The van der Waals surface area contributed by atoms with Crippen molar-refractivity contribution in [2.45, 2.75) is 40.3 Å². The maximum absolute atomic E-state index is 13.1. The molecular formula is C22H27FN2O2. The lowest BCUT2D eigenvalue weighted by molar-refractivity contribution is 0.0774. The Morgan fingerprint density at radius 2 is 2.04 bits per heavy atom. The van der Waals surface area contributed by atoms with Crippen molar-refractivity contribution >= 4 is 5.91 Å². The molecule has 0 saturated heterocycles. The standard InChI is InChI=1S/C22H27FN2O2/c1-5-25(12-15(2)3)22(26)21-16(4)27-20-10-11-24(14-19(20)21)13-17-6-8-18(23)9-7-17/h6-9H,2,5,10-14H2,1,3-4H3. The summed E-state index contributed by atoms with van der Waals surface area (Å²) in [6.07, 6.45) is 0.775. The van der Waals surface area contributed by atoms with Gasteiger partial charge in [0.15, 0.2) is 0 Å². The number of hydrogen-bond donors (Lipinski definition) is 0. The first-order valence-electron chi connectivity index (χ1n) is 9.40. The van der Waals surface area contributed by atoms with Gasteiger partial charge in [-0.25, -0.2) is 4.39 Å². The van der Waals surface area contributed by atoms with Crippen LogP contribution in [0.4, 0.5) is 4.39 Å². The van der Waals surface area contributed by atoms with E-state index in [1.165, 1.54) is 12.1 Å². The smallest absolute Gasteiger partial charge is 0.258 e. The summed E-state index contributed by atoms with van der Waals surface area (Å²) in [7, 11) is 0. The number of fused-ring (bicyclic) bond motifs is 1. The number of carbonyl (C=O) groups excluding carboxylic acids is 1. The molecule has 0 N–H and O–H groups in total. The maximum Gasteiger partial charge on any atom is 0.258 e. The van der Waals surface area contributed by atoms with Gasteiger partial charge in [0, 0.05) is 44.7 Å². The van der Waals surface area contributed by atoms with Crippen LogP contribution in [0.1, 0.15) is 46.9 Å². The van der Waals surface area contributed by atoms with Gasteiger partial charge in [0.1, 0.15) is 17.3 Å². The summed E-state index contributed by atoms with van der Waals surface area (Å²) in [4.78, 5) is 17.2. The lowest BCUT2D eigenvalue weighted by Crippen LogP contribution is -2.35. The molecule has 4 nitrogen and oxygen atoms in total. The number of hydrogen-bond acceptors (Lipinski definition) is 3. The van der Waals surface area contributed by atoms with Crippen LogP contribution in [0.25, 0.3) is 0 Å². The minimum Gasteiger partial charge on any atom is -0.465 e. The van der Waals surface area contributed by atoms with Gasteiger partial charge >= 0.3 is 0 Å². The van der Waals surface area contributed by atoms with Crippen LogP contribution in [-0.4, -0.2) is 35.3 Å². The van der Waals surface area contributed by atoms with Crippen LogP contribution in [0.5, 0.6) is 0 Å². The van der Waals surface area contributed by atoms with E-state index in [1.807, 2.05) is 32.9 Å². The van der Waals surface area contributed by atoms with E-state index in [0.717, 1.165) is 42.0 Å². The van der Waals surface area contributed by atoms with E-state index in [-0.39, 0.29) is 11.7 Å². The molecular weight excluding hydrogens is 343 g/mol. The van der Waals surface area contributed by atoms with E-state index < -0.39 is 0 Å². The quantitative estimate of drug-likeness (QED) is 0.711. The van der Waals surface area contributed by atoms with Crippen molar-refractivity contribution in [2.75, 3.05) is 19.6 Å². The zero-order valence-corrected chi connectivity index (χ0v) is 16.3. The minimum absolute atomic E-state index is 0.00614. The Hall–Kier alpha value is -2.40. The van der Waals surface area contributed by atoms with Crippen molar-refractivity contribution in [3.05, 3.63) is 70.4 Å². The predicted octanol–water partition coefficient (Wildman–Crippen LogP) is 4.32. The number of rotatable bonds is 6. The Labute approximate surface area is 160 Å². The molecule has 0 aliphatic carbocycles. The first-order chi connectivity index (χ1) is 12.9. The number of aryl methyl sites for hydroxylation is 1.